The number of nitrogens with zero attached hydrogens (tertiary/aromatic N) is 1. The number of nitrogens with one attached hydrogen (secondary N) is 1. The Balaban J connectivity index is 4.04. The van der Waals surface area contributed by atoms with E-state index in [1.165, 1.54) is 0 Å². The largest absolute Gasteiger partial charge is 0.481 e. The maximum Gasteiger partial charge on any atom is 0.324 e. The number of carboxylic acid groups (broad SMARTS) is 2. The third-order valence-corrected chi connectivity index (χ3v) is 1.35. The SMILES string of the molecule is O=CN(CCC(=O)O)C(=O)NCC(=O)O. The summed E-state index contributed by atoms with van der Waals surface area (Å²) in [5, 5.41) is 18.4. The number of hydrogen-bond acceptors (Lipinski definition) is 4. The summed E-state index contributed by atoms with van der Waals surface area (Å²) in [4.78, 5) is 42.1. The zero-order valence-electron chi connectivity index (χ0n) is 7.67. The summed E-state index contributed by atoms with van der Waals surface area (Å²) in [5.41, 5.74) is 0. The second-order valence-electron chi connectivity index (χ2n) is 2.49. The van der Waals surface area contributed by atoms with Gasteiger partial charge in [-0.2, -0.15) is 0 Å². The van der Waals surface area contributed by atoms with Crippen molar-refractivity contribution in [2.75, 3.05) is 13.1 Å². The highest BCUT2D eigenvalue weighted by molar-refractivity contribution is 5.87. The molecule has 0 unspecified atom stereocenters. The van der Waals surface area contributed by atoms with Crippen LogP contribution in [-0.4, -0.2) is 52.6 Å². The number of rotatable bonds is 6. The first kappa shape index (κ1) is 12.9. The molecule has 0 atom stereocenters. The van der Waals surface area contributed by atoms with Crippen LogP contribution < -0.4 is 5.32 Å². The number of carbonyl (C=O) groups is 4. The molecule has 3 N–H and O–H groups in total. The van der Waals surface area contributed by atoms with Crippen LogP contribution in [0.3, 0.4) is 0 Å². The predicted octanol–water partition coefficient (Wildman–Crippen LogP) is -1.29. The Morgan fingerprint density at radius 1 is 1.20 bits per heavy atom. The van der Waals surface area contributed by atoms with Crippen LogP contribution in [0.25, 0.3) is 0 Å². The smallest absolute Gasteiger partial charge is 0.324 e. The van der Waals surface area contributed by atoms with Crippen molar-refractivity contribution in [2.24, 2.45) is 0 Å². The summed E-state index contributed by atoms with van der Waals surface area (Å²) in [5.74, 6) is -2.42. The van der Waals surface area contributed by atoms with Gasteiger partial charge in [0.1, 0.15) is 6.54 Å². The molecule has 0 bridgehead atoms. The average molecular weight is 218 g/mol. The van der Waals surface area contributed by atoms with Gasteiger partial charge < -0.3 is 15.5 Å². The van der Waals surface area contributed by atoms with Crippen molar-refractivity contribution in [3.63, 3.8) is 0 Å². The Morgan fingerprint density at radius 3 is 2.20 bits per heavy atom. The number of urea groups is 1. The highest BCUT2D eigenvalue weighted by Gasteiger charge is 2.14. The van der Waals surface area contributed by atoms with Crippen LogP contribution in [0, 0.1) is 0 Å². The van der Waals surface area contributed by atoms with Gasteiger partial charge >= 0.3 is 18.0 Å². The van der Waals surface area contributed by atoms with Gasteiger partial charge in [-0.05, 0) is 0 Å². The topological polar surface area (TPSA) is 124 Å². The van der Waals surface area contributed by atoms with Crippen LogP contribution in [-0.2, 0) is 14.4 Å². The number of hydrogen-bond donors (Lipinski definition) is 3. The Labute approximate surface area is 84.5 Å². The maximum atomic E-state index is 11.0. The van der Waals surface area contributed by atoms with Crippen molar-refractivity contribution in [3.8, 4) is 0 Å². The molecule has 8 nitrogen and oxygen atoms in total. The van der Waals surface area contributed by atoms with Gasteiger partial charge in [0.2, 0.25) is 6.41 Å². The van der Waals surface area contributed by atoms with Gasteiger partial charge in [0.05, 0.1) is 6.42 Å². The van der Waals surface area contributed by atoms with E-state index in [0.29, 0.717) is 4.90 Å². The van der Waals surface area contributed by atoms with Crippen LogP contribution in [0.5, 0.6) is 0 Å². The summed E-state index contributed by atoms with van der Waals surface area (Å²) in [7, 11) is 0. The van der Waals surface area contributed by atoms with E-state index in [4.69, 9.17) is 10.2 Å². The molecular formula is C7H10N2O6. The van der Waals surface area contributed by atoms with Gasteiger partial charge in [-0.1, -0.05) is 0 Å². The average Bonchev–Trinajstić information content (AvgIpc) is 2.15. The monoisotopic (exact) mass is 218 g/mol. The highest BCUT2D eigenvalue weighted by atomic mass is 16.4. The minimum Gasteiger partial charge on any atom is -0.481 e. The molecule has 0 aliphatic heterocycles. The normalized spacial score (nSPS) is 9.07. The lowest BCUT2D eigenvalue weighted by molar-refractivity contribution is -0.138. The van der Waals surface area contributed by atoms with Crippen molar-refractivity contribution in [3.05, 3.63) is 0 Å². The quantitative estimate of drug-likeness (QED) is 0.476. The standard InChI is InChI=1S/C7H10N2O6/c10-4-9(2-1-5(11)12)7(15)8-3-6(13)14/h4H,1-3H2,(H,8,15)(H,11,12)(H,13,14). The Hall–Kier alpha value is -2.12. The first-order valence-electron chi connectivity index (χ1n) is 3.90. The molecule has 0 fully saturated rings. The molecule has 0 aliphatic rings. The maximum absolute atomic E-state index is 11.0. The van der Waals surface area contributed by atoms with Crippen LogP contribution in [0.4, 0.5) is 4.79 Å². The molecule has 3 amide bonds. The summed E-state index contributed by atoms with van der Waals surface area (Å²) < 4.78 is 0. The number of carbonyl (C=O) groups excluding carboxylic acids is 2. The zero-order chi connectivity index (χ0) is 11.8. The summed E-state index contributed by atoms with van der Waals surface area (Å²) in [6, 6.07) is -0.936. The molecular weight excluding hydrogens is 208 g/mol. The van der Waals surface area contributed by atoms with Crippen LogP contribution in [0.15, 0.2) is 0 Å². The fourth-order valence-corrected chi connectivity index (χ4v) is 0.671. The number of imide groups is 1. The van der Waals surface area contributed by atoms with Gasteiger partial charge in [0.25, 0.3) is 0 Å². The van der Waals surface area contributed by atoms with E-state index >= 15 is 0 Å². The minimum absolute atomic E-state index is 0.139. The fourth-order valence-electron chi connectivity index (χ4n) is 0.671. The molecule has 0 saturated carbocycles. The van der Waals surface area contributed by atoms with E-state index in [1.54, 1.807) is 0 Å². The zero-order valence-corrected chi connectivity index (χ0v) is 7.67. The van der Waals surface area contributed by atoms with Crippen molar-refractivity contribution < 1.29 is 29.4 Å². The van der Waals surface area contributed by atoms with Gasteiger partial charge in [-0.3, -0.25) is 19.3 Å². The lowest BCUT2D eigenvalue weighted by Gasteiger charge is -2.13. The van der Waals surface area contributed by atoms with Gasteiger partial charge in [-0.15, -0.1) is 0 Å². The van der Waals surface area contributed by atoms with E-state index in [1.807, 2.05) is 5.32 Å². The van der Waals surface area contributed by atoms with Crippen molar-refractivity contribution in [1.82, 2.24) is 10.2 Å². The molecule has 0 aromatic rings. The van der Waals surface area contributed by atoms with Crippen LogP contribution in [0.2, 0.25) is 0 Å². The molecule has 0 saturated heterocycles. The second kappa shape index (κ2) is 6.35. The molecule has 0 heterocycles. The van der Waals surface area contributed by atoms with Crippen LogP contribution >= 0.6 is 0 Å². The van der Waals surface area contributed by atoms with E-state index in [-0.39, 0.29) is 19.4 Å². The summed E-state index contributed by atoms with van der Waals surface area (Å²) >= 11 is 0. The second-order valence-corrected chi connectivity index (χ2v) is 2.49. The first-order valence-corrected chi connectivity index (χ1v) is 3.90. The molecule has 8 heteroatoms. The van der Waals surface area contributed by atoms with Gasteiger partial charge in [-0.25, -0.2) is 4.79 Å². The molecule has 0 aliphatic carbocycles. The van der Waals surface area contributed by atoms with E-state index in [0.717, 1.165) is 0 Å². The van der Waals surface area contributed by atoms with Gasteiger partial charge in [0.15, 0.2) is 0 Å². The number of aliphatic carboxylic acids is 2. The molecule has 84 valence electrons. The fraction of sp³-hybridized carbons (Fsp3) is 0.429. The lowest BCUT2D eigenvalue weighted by atomic mass is 10.4. The van der Waals surface area contributed by atoms with Crippen molar-refractivity contribution in [2.45, 2.75) is 6.42 Å². The summed E-state index contributed by atoms with van der Waals surface area (Å²) in [6.07, 6.45) is -0.251. The summed E-state index contributed by atoms with van der Waals surface area (Å²) in [6.45, 7) is -0.930. The van der Waals surface area contributed by atoms with E-state index in [2.05, 4.69) is 0 Å². The third kappa shape index (κ3) is 6.02. The minimum atomic E-state index is -1.26. The van der Waals surface area contributed by atoms with Crippen LogP contribution in [0.1, 0.15) is 6.42 Å². The molecule has 0 spiro atoms. The van der Waals surface area contributed by atoms with E-state index in [9.17, 15) is 19.2 Å². The first-order chi connectivity index (χ1) is 6.97. The lowest BCUT2D eigenvalue weighted by Crippen LogP contribution is -2.42. The molecule has 0 radical (unpaired) electrons. The predicted molar refractivity (Wildman–Crippen MR) is 46.1 cm³/mol. The van der Waals surface area contributed by atoms with Gasteiger partial charge in [0, 0.05) is 6.54 Å². The van der Waals surface area contributed by atoms with Crippen molar-refractivity contribution in [1.29, 1.82) is 0 Å². The van der Waals surface area contributed by atoms with E-state index < -0.39 is 24.5 Å². The third-order valence-electron chi connectivity index (χ3n) is 1.35. The molecule has 0 rings (SSSR count). The number of amides is 3. The molecule has 15 heavy (non-hydrogen) atoms. The molecule has 0 aromatic carbocycles. The molecule has 0 aromatic heterocycles. The van der Waals surface area contributed by atoms with Crippen molar-refractivity contribution >= 4 is 24.4 Å². The Morgan fingerprint density at radius 2 is 1.80 bits per heavy atom. The Bertz CT molecular complexity index is 277. The highest BCUT2D eigenvalue weighted by Crippen LogP contribution is 1.89. The Kier molecular flexibility index (Phi) is 5.45. The number of carboxylic acids is 2.